The monoisotopic (exact) mass is 319 g/mol. The summed E-state index contributed by atoms with van der Waals surface area (Å²) in [5, 5.41) is 20.0. The van der Waals surface area contributed by atoms with Gasteiger partial charge in [0.25, 0.3) is 5.69 Å². The average molecular weight is 319 g/mol. The molecule has 0 aliphatic heterocycles. The van der Waals surface area contributed by atoms with Crippen molar-refractivity contribution in [2.24, 2.45) is 11.8 Å². The first-order chi connectivity index (χ1) is 10.9. The molecule has 0 aromatic heterocycles. The first-order valence-corrected chi connectivity index (χ1v) is 7.22. The number of aliphatic carboxylic acids is 1. The van der Waals surface area contributed by atoms with Gasteiger partial charge in [-0.3, -0.25) is 19.7 Å². The Kier molecular flexibility index (Phi) is 5.10. The molecule has 0 radical (unpaired) electrons. The van der Waals surface area contributed by atoms with Gasteiger partial charge in [-0.05, 0) is 25.3 Å². The Morgan fingerprint density at radius 3 is 2.57 bits per heavy atom. The number of benzene rings is 1. The van der Waals surface area contributed by atoms with Crippen molar-refractivity contribution in [3.05, 3.63) is 52.1 Å². The van der Waals surface area contributed by atoms with Crippen LogP contribution in [0, 0.1) is 22.0 Å². The molecule has 0 amide bonds. The number of carboxylic acid groups (broad SMARTS) is 1. The number of carbonyl (C=O) groups is 2. The smallest absolute Gasteiger partial charge is 0.310 e. The van der Waals surface area contributed by atoms with Crippen LogP contribution in [0.25, 0.3) is 0 Å². The van der Waals surface area contributed by atoms with E-state index in [9.17, 15) is 24.8 Å². The topological polar surface area (TPSA) is 107 Å². The lowest BCUT2D eigenvalue weighted by Gasteiger charge is -2.25. The van der Waals surface area contributed by atoms with Crippen molar-refractivity contribution in [1.82, 2.24) is 0 Å². The van der Waals surface area contributed by atoms with Crippen LogP contribution in [0.3, 0.4) is 0 Å². The maximum Gasteiger partial charge on any atom is 0.310 e. The molecule has 3 atom stereocenters. The standard InChI is InChI=1S/C16H17NO6/c1-10(11-5-4-6-12(9-11)17(21)22)23-16(20)14-8-3-2-7-13(14)15(18)19/h2-6,9-10,13-14H,7-8H2,1H3,(H,18,19)/t10-,13+,14-/m0/s1. The second-order valence-electron chi connectivity index (χ2n) is 5.43. The quantitative estimate of drug-likeness (QED) is 0.387. The molecule has 7 heteroatoms. The van der Waals surface area contributed by atoms with Crippen molar-refractivity contribution in [1.29, 1.82) is 0 Å². The molecule has 0 saturated heterocycles. The number of rotatable bonds is 5. The number of esters is 1. The summed E-state index contributed by atoms with van der Waals surface area (Å²) in [6.07, 6.45) is 3.43. The summed E-state index contributed by atoms with van der Waals surface area (Å²) in [4.78, 5) is 33.8. The molecule has 0 unspecified atom stereocenters. The van der Waals surface area contributed by atoms with Gasteiger partial charge in [0.1, 0.15) is 6.10 Å². The number of ether oxygens (including phenoxy) is 1. The summed E-state index contributed by atoms with van der Waals surface area (Å²) in [5.74, 6) is -3.16. The fraction of sp³-hybridized carbons (Fsp3) is 0.375. The van der Waals surface area contributed by atoms with E-state index in [1.807, 2.05) is 0 Å². The van der Waals surface area contributed by atoms with Gasteiger partial charge in [0.2, 0.25) is 0 Å². The molecule has 1 aromatic rings. The van der Waals surface area contributed by atoms with Gasteiger partial charge in [-0.1, -0.05) is 24.3 Å². The lowest BCUT2D eigenvalue weighted by atomic mass is 9.83. The van der Waals surface area contributed by atoms with Crippen molar-refractivity contribution in [3.63, 3.8) is 0 Å². The van der Waals surface area contributed by atoms with Crippen molar-refractivity contribution in [3.8, 4) is 0 Å². The van der Waals surface area contributed by atoms with Crippen LogP contribution in [-0.2, 0) is 14.3 Å². The Bertz CT molecular complexity index is 654. The first-order valence-electron chi connectivity index (χ1n) is 7.22. The highest BCUT2D eigenvalue weighted by molar-refractivity contribution is 5.82. The third-order valence-corrected chi connectivity index (χ3v) is 3.90. The molecule has 23 heavy (non-hydrogen) atoms. The zero-order chi connectivity index (χ0) is 17.0. The first kappa shape index (κ1) is 16.7. The average Bonchev–Trinajstić information content (AvgIpc) is 2.54. The zero-order valence-electron chi connectivity index (χ0n) is 12.5. The number of non-ortho nitro benzene ring substituents is 1. The van der Waals surface area contributed by atoms with Crippen molar-refractivity contribution in [2.45, 2.75) is 25.9 Å². The van der Waals surface area contributed by atoms with Gasteiger partial charge in [0, 0.05) is 12.1 Å². The van der Waals surface area contributed by atoms with Crippen LogP contribution < -0.4 is 0 Å². The van der Waals surface area contributed by atoms with Crippen LogP contribution in [0.2, 0.25) is 0 Å². The summed E-state index contributed by atoms with van der Waals surface area (Å²) in [7, 11) is 0. The number of carboxylic acids is 1. The van der Waals surface area contributed by atoms with E-state index < -0.39 is 34.8 Å². The minimum absolute atomic E-state index is 0.0885. The molecule has 1 N–H and O–H groups in total. The van der Waals surface area contributed by atoms with Crippen LogP contribution in [-0.4, -0.2) is 22.0 Å². The van der Waals surface area contributed by atoms with E-state index in [1.165, 1.54) is 18.2 Å². The molecule has 1 aliphatic carbocycles. The lowest BCUT2D eigenvalue weighted by Crippen LogP contribution is -2.32. The Hall–Kier alpha value is -2.70. The second kappa shape index (κ2) is 7.04. The molecule has 1 aliphatic rings. The summed E-state index contributed by atoms with van der Waals surface area (Å²) in [6.45, 7) is 1.60. The van der Waals surface area contributed by atoms with Crippen LogP contribution >= 0.6 is 0 Å². The molecule has 0 bridgehead atoms. The molecule has 0 spiro atoms. The molecule has 1 aromatic carbocycles. The van der Waals surface area contributed by atoms with E-state index in [2.05, 4.69) is 0 Å². The Labute approximate surface area is 132 Å². The van der Waals surface area contributed by atoms with Gasteiger partial charge >= 0.3 is 11.9 Å². The number of carbonyl (C=O) groups excluding carboxylic acids is 1. The van der Waals surface area contributed by atoms with E-state index in [4.69, 9.17) is 4.74 Å². The minimum atomic E-state index is -1.03. The van der Waals surface area contributed by atoms with E-state index in [-0.39, 0.29) is 5.69 Å². The second-order valence-corrected chi connectivity index (χ2v) is 5.43. The van der Waals surface area contributed by atoms with Gasteiger partial charge in [-0.25, -0.2) is 0 Å². The normalized spacial score (nSPS) is 21.4. The SMILES string of the molecule is C[C@H](OC(=O)[C@H]1CC=CC[C@H]1C(=O)O)c1cccc([N+](=O)[O-])c1. The fourth-order valence-corrected chi connectivity index (χ4v) is 2.57. The highest BCUT2D eigenvalue weighted by Crippen LogP contribution is 2.30. The van der Waals surface area contributed by atoms with Gasteiger partial charge in [-0.2, -0.15) is 0 Å². The third-order valence-electron chi connectivity index (χ3n) is 3.90. The molecule has 7 nitrogen and oxygen atoms in total. The number of allylic oxidation sites excluding steroid dienone is 2. The highest BCUT2D eigenvalue weighted by atomic mass is 16.6. The maximum absolute atomic E-state index is 12.3. The number of hydrogen-bond acceptors (Lipinski definition) is 5. The van der Waals surface area contributed by atoms with Crippen LogP contribution in [0.5, 0.6) is 0 Å². The van der Waals surface area contributed by atoms with Crippen LogP contribution in [0.15, 0.2) is 36.4 Å². The molecular formula is C16H17NO6. The molecule has 2 rings (SSSR count). The lowest BCUT2D eigenvalue weighted by molar-refractivity contribution is -0.385. The number of hydrogen-bond donors (Lipinski definition) is 1. The summed E-state index contributed by atoms with van der Waals surface area (Å²) in [6, 6.07) is 5.83. The van der Waals surface area contributed by atoms with E-state index in [1.54, 1.807) is 25.1 Å². The highest BCUT2D eigenvalue weighted by Gasteiger charge is 2.35. The largest absolute Gasteiger partial charge is 0.481 e. The molecule has 122 valence electrons. The summed E-state index contributed by atoms with van der Waals surface area (Å²) in [5.41, 5.74) is 0.403. The zero-order valence-corrected chi connectivity index (χ0v) is 12.5. The predicted octanol–water partition coefficient (Wildman–Crippen LogP) is 2.87. The summed E-state index contributed by atoms with van der Waals surface area (Å²) >= 11 is 0. The van der Waals surface area contributed by atoms with Gasteiger partial charge in [-0.15, -0.1) is 0 Å². The van der Waals surface area contributed by atoms with Crippen LogP contribution in [0.4, 0.5) is 5.69 Å². The third kappa shape index (κ3) is 3.94. The van der Waals surface area contributed by atoms with Crippen molar-refractivity contribution < 1.29 is 24.4 Å². The number of nitro benzene ring substituents is 1. The Balaban J connectivity index is 2.10. The van der Waals surface area contributed by atoms with Gasteiger partial charge in [0.15, 0.2) is 0 Å². The number of nitrogens with zero attached hydrogens (tertiary/aromatic N) is 1. The van der Waals surface area contributed by atoms with E-state index in [0.717, 1.165) is 0 Å². The van der Waals surface area contributed by atoms with Crippen molar-refractivity contribution >= 4 is 17.6 Å². The van der Waals surface area contributed by atoms with E-state index >= 15 is 0 Å². The molecule has 0 saturated carbocycles. The fourth-order valence-electron chi connectivity index (χ4n) is 2.57. The van der Waals surface area contributed by atoms with E-state index in [0.29, 0.717) is 18.4 Å². The summed E-state index contributed by atoms with van der Waals surface area (Å²) < 4.78 is 5.33. The van der Waals surface area contributed by atoms with Gasteiger partial charge < -0.3 is 9.84 Å². The molecule has 0 fully saturated rings. The predicted molar refractivity (Wildman–Crippen MR) is 80.6 cm³/mol. The van der Waals surface area contributed by atoms with Crippen LogP contribution in [0.1, 0.15) is 31.4 Å². The molecule has 0 heterocycles. The minimum Gasteiger partial charge on any atom is -0.481 e. The Morgan fingerprint density at radius 2 is 1.96 bits per heavy atom. The molecular weight excluding hydrogens is 302 g/mol. The Morgan fingerprint density at radius 1 is 1.30 bits per heavy atom. The maximum atomic E-state index is 12.3. The number of nitro groups is 1. The van der Waals surface area contributed by atoms with Crippen molar-refractivity contribution in [2.75, 3.05) is 0 Å². The van der Waals surface area contributed by atoms with Gasteiger partial charge in [0.05, 0.1) is 16.8 Å².